The summed E-state index contributed by atoms with van der Waals surface area (Å²) < 4.78 is 0. The third kappa shape index (κ3) is 4.86. The van der Waals surface area contributed by atoms with Gasteiger partial charge in [0.2, 0.25) is 0 Å². The Morgan fingerprint density at radius 2 is 2.09 bits per heavy atom. The summed E-state index contributed by atoms with van der Waals surface area (Å²) >= 11 is 2.86. The van der Waals surface area contributed by atoms with Crippen LogP contribution in [0.15, 0.2) is 0 Å². The molecule has 2 nitrogen and oxygen atoms in total. The van der Waals surface area contributed by atoms with E-state index in [1.54, 1.807) is 0 Å². The topological polar surface area (TPSA) is 29.1 Å². The minimum Gasteiger partial charge on any atom is -0.343 e. The molecule has 11 heavy (non-hydrogen) atoms. The first-order valence-corrected chi connectivity index (χ1v) is 4.46. The Labute approximate surface area is 75.9 Å². The van der Waals surface area contributed by atoms with Gasteiger partial charge < -0.3 is 5.32 Å². The standard InChI is InChI=1S/C8H12BrNO/c1-3-7(4-2)10-8(11)5-6-9/h7H,3-4H2,1-2H3,(H,10,11). The Morgan fingerprint density at radius 3 is 2.45 bits per heavy atom. The van der Waals surface area contributed by atoms with Gasteiger partial charge in [-0.2, -0.15) is 0 Å². The van der Waals surface area contributed by atoms with Crippen molar-refractivity contribution in [3.63, 3.8) is 0 Å². The van der Waals surface area contributed by atoms with E-state index in [4.69, 9.17) is 0 Å². The van der Waals surface area contributed by atoms with Gasteiger partial charge in [-0.05, 0) is 17.7 Å². The molecule has 0 aromatic carbocycles. The molecular weight excluding hydrogens is 206 g/mol. The van der Waals surface area contributed by atoms with Gasteiger partial charge in [-0.1, -0.05) is 13.8 Å². The predicted octanol–water partition coefficient (Wildman–Crippen LogP) is 1.65. The highest BCUT2D eigenvalue weighted by Gasteiger charge is 2.04. The first kappa shape index (κ1) is 10.5. The van der Waals surface area contributed by atoms with Crippen molar-refractivity contribution in [2.24, 2.45) is 0 Å². The van der Waals surface area contributed by atoms with Crippen molar-refractivity contribution in [1.82, 2.24) is 5.32 Å². The van der Waals surface area contributed by atoms with Crippen molar-refractivity contribution in [3.8, 4) is 10.8 Å². The summed E-state index contributed by atoms with van der Waals surface area (Å²) in [6, 6.07) is 0.260. The molecule has 0 saturated carbocycles. The van der Waals surface area contributed by atoms with Crippen LogP contribution in [0.25, 0.3) is 0 Å². The van der Waals surface area contributed by atoms with Gasteiger partial charge in [0.05, 0.1) is 0 Å². The van der Waals surface area contributed by atoms with Crippen LogP contribution in [0.5, 0.6) is 0 Å². The first-order valence-electron chi connectivity index (χ1n) is 3.66. The molecule has 62 valence electrons. The number of carbonyl (C=O) groups is 1. The lowest BCUT2D eigenvalue weighted by Crippen LogP contribution is -2.32. The van der Waals surface area contributed by atoms with Crippen molar-refractivity contribution in [3.05, 3.63) is 0 Å². The molecule has 0 aromatic rings. The first-order chi connectivity index (χ1) is 5.24. The highest BCUT2D eigenvalue weighted by Crippen LogP contribution is 1.94. The molecule has 0 spiro atoms. The van der Waals surface area contributed by atoms with E-state index >= 15 is 0 Å². The van der Waals surface area contributed by atoms with Gasteiger partial charge in [-0.3, -0.25) is 4.79 Å². The minimum absolute atomic E-state index is 0.212. The van der Waals surface area contributed by atoms with E-state index in [0.29, 0.717) is 0 Å². The van der Waals surface area contributed by atoms with Crippen molar-refractivity contribution >= 4 is 21.8 Å². The Morgan fingerprint density at radius 1 is 1.55 bits per heavy atom. The van der Waals surface area contributed by atoms with Gasteiger partial charge >= 0.3 is 0 Å². The smallest absolute Gasteiger partial charge is 0.296 e. The Hall–Kier alpha value is -0.490. The summed E-state index contributed by atoms with van der Waals surface area (Å²) in [6.45, 7) is 4.08. The molecule has 0 radical (unpaired) electrons. The minimum atomic E-state index is -0.212. The van der Waals surface area contributed by atoms with E-state index in [0.717, 1.165) is 12.8 Å². The summed E-state index contributed by atoms with van der Waals surface area (Å²) in [5.41, 5.74) is 0. The van der Waals surface area contributed by atoms with E-state index in [-0.39, 0.29) is 11.9 Å². The number of hydrogen-bond acceptors (Lipinski definition) is 1. The second kappa shape index (κ2) is 6.23. The normalized spacial score (nSPS) is 8.73. The largest absolute Gasteiger partial charge is 0.343 e. The van der Waals surface area contributed by atoms with E-state index in [1.165, 1.54) is 0 Å². The molecule has 0 saturated heterocycles. The van der Waals surface area contributed by atoms with Crippen molar-refractivity contribution in [2.75, 3.05) is 0 Å². The van der Waals surface area contributed by atoms with Crippen LogP contribution in [0.3, 0.4) is 0 Å². The van der Waals surface area contributed by atoms with Crippen molar-refractivity contribution < 1.29 is 4.79 Å². The zero-order valence-corrected chi connectivity index (χ0v) is 8.36. The Bertz CT molecular complexity index is 176. The number of carbonyl (C=O) groups excluding carboxylic acids is 1. The monoisotopic (exact) mass is 217 g/mol. The van der Waals surface area contributed by atoms with E-state index in [9.17, 15) is 4.79 Å². The predicted molar refractivity (Wildman–Crippen MR) is 49.2 cm³/mol. The van der Waals surface area contributed by atoms with Gasteiger partial charge in [0, 0.05) is 27.9 Å². The second-order valence-electron chi connectivity index (χ2n) is 2.21. The third-order valence-corrected chi connectivity index (χ3v) is 1.68. The Kier molecular flexibility index (Phi) is 5.96. The maximum Gasteiger partial charge on any atom is 0.296 e. The summed E-state index contributed by atoms with van der Waals surface area (Å²) in [5, 5.41) is 2.77. The fraction of sp³-hybridized carbons (Fsp3) is 0.625. The van der Waals surface area contributed by atoms with Gasteiger partial charge in [0.25, 0.3) is 5.91 Å². The maximum atomic E-state index is 10.9. The molecule has 0 aliphatic heterocycles. The van der Waals surface area contributed by atoms with Gasteiger partial charge in [0.1, 0.15) is 0 Å². The molecule has 1 N–H and O–H groups in total. The lowest BCUT2D eigenvalue weighted by molar-refractivity contribution is -0.116. The van der Waals surface area contributed by atoms with Crippen LogP contribution < -0.4 is 5.32 Å². The molecule has 0 heterocycles. The molecule has 0 unspecified atom stereocenters. The number of halogens is 1. The number of rotatable bonds is 3. The summed E-state index contributed by atoms with van der Waals surface area (Å²) in [6.07, 6.45) is 1.90. The average molecular weight is 218 g/mol. The molecule has 3 heteroatoms. The van der Waals surface area contributed by atoms with Crippen LogP contribution in [0.1, 0.15) is 26.7 Å². The van der Waals surface area contributed by atoms with Crippen LogP contribution in [0, 0.1) is 10.8 Å². The maximum absolute atomic E-state index is 10.9. The van der Waals surface area contributed by atoms with Crippen LogP contribution in [0.2, 0.25) is 0 Å². The molecule has 0 aliphatic carbocycles. The Balaban J connectivity index is 3.78. The van der Waals surface area contributed by atoms with E-state index in [2.05, 4.69) is 32.0 Å². The van der Waals surface area contributed by atoms with Crippen molar-refractivity contribution in [2.45, 2.75) is 32.7 Å². The highest BCUT2D eigenvalue weighted by molar-refractivity contribution is 9.12. The molecule has 0 aliphatic rings. The molecule has 0 bridgehead atoms. The zero-order chi connectivity index (χ0) is 8.69. The number of nitrogens with one attached hydrogen (secondary N) is 1. The highest BCUT2D eigenvalue weighted by atomic mass is 79.9. The summed E-state index contributed by atoms with van der Waals surface area (Å²) in [7, 11) is 0. The van der Waals surface area contributed by atoms with Crippen LogP contribution in [-0.2, 0) is 4.79 Å². The summed E-state index contributed by atoms with van der Waals surface area (Å²) in [5.74, 6) is 2.15. The van der Waals surface area contributed by atoms with Crippen LogP contribution in [-0.4, -0.2) is 11.9 Å². The quantitative estimate of drug-likeness (QED) is 0.717. The molecular formula is C8H12BrNO. The molecule has 0 rings (SSSR count). The van der Waals surface area contributed by atoms with Gasteiger partial charge in [-0.15, -0.1) is 0 Å². The van der Waals surface area contributed by atoms with Gasteiger partial charge in [-0.25, -0.2) is 0 Å². The lowest BCUT2D eigenvalue weighted by atomic mass is 10.2. The van der Waals surface area contributed by atoms with Crippen molar-refractivity contribution in [1.29, 1.82) is 0 Å². The summed E-state index contributed by atoms with van der Waals surface area (Å²) in [4.78, 5) is 13.2. The van der Waals surface area contributed by atoms with Crippen LogP contribution >= 0.6 is 15.9 Å². The fourth-order valence-corrected chi connectivity index (χ4v) is 0.937. The molecule has 0 atom stereocenters. The molecule has 0 fully saturated rings. The third-order valence-electron chi connectivity index (χ3n) is 1.48. The molecule has 0 aromatic heterocycles. The average Bonchev–Trinajstić information content (AvgIpc) is 2.01. The lowest BCUT2D eigenvalue weighted by Gasteiger charge is -2.11. The number of hydrogen-bond donors (Lipinski definition) is 1. The second-order valence-corrected chi connectivity index (χ2v) is 2.60. The van der Waals surface area contributed by atoms with Crippen LogP contribution in [0.4, 0.5) is 0 Å². The van der Waals surface area contributed by atoms with Gasteiger partial charge in [0.15, 0.2) is 0 Å². The zero-order valence-electron chi connectivity index (χ0n) is 6.78. The SMILES string of the molecule is CCC(CC)NC(=O)C#CBr. The van der Waals surface area contributed by atoms with E-state index < -0.39 is 0 Å². The number of amides is 1. The van der Waals surface area contributed by atoms with E-state index in [1.807, 2.05) is 13.8 Å². The molecule has 1 amide bonds. The fourth-order valence-electron chi connectivity index (χ4n) is 0.757.